The highest BCUT2D eigenvalue weighted by atomic mass is 16.5. The Kier molecular flexibility index (Phi) is 5.22. The Labute approximate surface area is 104 Å². The lowest BCUT2D eigenvalue weighted by Crippen LogP contribution is -2.50. The molecule has 4 nitrogen and oxygen atoms in total. The van der Waals surface area contributed by atoms with Crippen LogP contribution in [0.5, 0.6) is 0 Å². The molecule has 0 aromatic rings. The van der Waals surface area contributed by atoms with Crippen LogP contribution in [0.1, 0.15) is 32.1 Å². The molecule has 1 spiro atoms. The summed E-state index contributed by atoms with van der Waals surface area (Å²) in [5.41, 5.74) is 0.107. The first kappa shape index (κ1) is 13.3. The molecule has 4 heteroatoms. The molecule has 0 radical (unpaired) electrons. The van der Waals surface area contributed by atoms with Crippen molar-refractivity contribution in [3.8, 4) is 0 Å². The Morgan fingerprint density at radius 1 is 1.29 bits per heavy atom. The van der Waals surface area contributed by atoms with Crippen molar-refractivity contribution in [3.05, 3.63) is 0 Å². The van der Waals surface area contributed by atoms with E-state index >= 15 is 0 Å². The summed E-state index contributed by atoms with van der Waals surface area (Å²) in [4.78, 5) is 0. The summed E-state index contributed by atoms with van der Waals surface area (Å²) in [6, 6.07) is 0.610. The van der Waals surface area contributed by atoms with Gasteiger partial charge in [0.05, 0.1) is 5.60 Å². The van der Waals surface area contributed by atoms with Crippen molar-refractivity contribution >= 4 is 0 Å². The Hall–Kier alpha value is -0.160. The minimum absolute atomic E-state index is 0.107. The zero-order valence-electron chi connectivity index (χ0n) is 10.9. The molecular formula is C13H25NO3. The second-order valence-electron chi connectivity index (χ2n) is 5.13. The van der Waals surface area contributed by atoms with Crippen molar-refractivity contribution in [3.63, 3.8) is 0 Å². The Morgan fingerprint density at radius 3 is 2.88 bits per heavy atom. The van der Waals surface area contributed by atoms with Gasteiger partial charge in [0, 0.05) is 39.6 Å². The predicted octanol–water partition coefficient (Wildman–Crippen LogP) is 1.34. The smallest absolute Gasteiger partial charge is 0.0741 e. The van der Waals surface area contributed by atoms with Crippen LogP contribution in [0.4, 0.5) is 0 Å². The summed E-state index contributed by atoms with van der Waals surface area (Å²) in [6.07, 6.45) is 5.48. The van der Waals surface area contributed by atoms with Gasteiger partial charge in [0.1, 0.15) is 0 Å². The number of hydrogen-bond acceptors (Lipinski definition) is 4. The summed E-state index contributed by atoms with van der Waals surface area (Å²) in [7, 11) is 1.76. The molecule has 1 unspecified atom stereocenters. The molecule has 2 aliphatic heterocycles. The zero-order chi connectivity index (χ0) is 12.0. The summed E-state index contributed by atoms with van der Waals surface area (Å²) in [6.45, 7) is 4.50. The van der Waals surface area contributed by atoms with Crippen molar-refractivity contribution in [1.82, 2.24) is 5.32 Å². The van der Waals surface area contributed by atoms with Crippen LogP contribution in [-0.4, -0.2) is 51.7 Å². The predicted molar refractivity (Wildman–Crippen MR) is 66.3 cm³/mol. The molecule has 1 N–H and O–H groups in total. The Bertz CT molecular complexity index is 211. The van der Waals surface area contributed by atoms with Gasteiger partial charge in [-0.2, -0.15) is 0 Å². The molecule has 0 amide bonds. The molecule has 0 bridgehead atoms. The van der Waals surface area contributed by atoms with Gasteiger partial charge in [-0.25, -0.2) is 0 Å². The molecule has 100 valence electrons. The van der Waals surface area contributed by atoms with Crippen LogP contribution in [0.25, 0.3) is 0 Å². The van der Waals surface area contributed by atoms with Crippen molar-refractivity contribution in [2.45, 2.75) is 43.7 Å². The van der Waals surface area contributed by atoms with Gasteiger partial charge in [0.25, 0.3) is 0 Å². The molecule has 17 heavy (non-hydrogen) atoms. The summed E-state index contributed by atoms with van der Waals surface area (Å²) >= 11 is 0. The van der Waals surface area contributed by atoms with Crippen LogP contribution in [0.15, 0.2) is 0 Å². The van der Waals surface area contributed by atoms with Crippen LogP contribution in [0, 0.1) is 0 Å². The van der Waals surface area contributed by atoms with E-state index in [9.17, 15) is 0 Å². The maximum atomic E-state index is 6.02. The zero-order valence-corrected chi connectivity index (χ0v) is 10.9. The van der Waals surface area contributed by atoms with Gasteiger partial charge >= 0.3 is 0 Å². The van der Waals surface area contributed by atoms with Gasteiger partial charge in [0.2, 0.25) is 0 Å². The molecule has 2 rings (SSSR count). The number of hydrogen-bond donors (Lipinski definition) is 1. The Morgan fingerprint density at radius 2 is 2.12 bits per heavy atom. The topological polar surface area (TPSA) is 39.7 Å². The maximum absolute atomic E-state index is 6.02. The first-order chi connectivity index (χ1) is 8.35. The van der Waals surface area contributed by atoms with E-state index in [1.54, 1.807) is 7.11 Å². The molecule has 2 saturated heterocycles. The average molecular weight is 243 g/mol. The molecule has 0 aromatic carbocycles. The van der Waals surface area contributed by atoms with Gasteiger partial charge < -0.3 is 19.5 Å². The highest BCUT2D eigenvalue weighted by Gasteiger charge is 2.38. The van der Waals surface area contributed by atoms with Crippen LogP contribution in [-0.2, 0) is 14.2 Å². The van der Waals surface area contributed by atoms with Gasteiger partial charge in [-0.05, 0) is 38.6 Å². The van der Waals surface area contributed by atoms with Crippen LogP contribution in [0.2, 0.25) is 0 Å². The third-order valence-corrected chi connectivity index (χ3v) is 3.86. The summed E-state index contributed by atoms with van der Waals surface area (Å²) < 4.78 is 16.5. The van der Waals surface area contributed by atoms with E-state index in [4.69, 9.17) is 14.2 Å². The fourth-order valence-corrected chi connectivity index (χ4v) is 2.82. The van der Waals surface area contributed by atoms with E-state index in [0.717, 1.165) is 65.1 Å². The largest absolute Gasteiger partial charge is 0.385 e. The number of nitrogens with one attached hydrogen (secondary N) is 1. The van der Waals surface area contributed by atoms with Crippen molar-refractivity contribution in [2.24, 2.45) is 0 Å². The molecule has 1 atom stereocenters. The first-order valence-electron chi connectivity index (χ1n) is 6.79. The van der Waals surface area contributed by atoms with E-state index < -0.39 is 0 Å². The van der Waals surface area contributed by atoms with E-state index in [2.05, 4.69) is 5.32 Å². The first-order valence-corrected chi connectivity index (χ1v) is 6.79. The minimum Gasteiger partial charge on any atom is -0.385 e. The molecule has 2 aliphatic rings. The van der Waals surface area contributed by atoms with Gasteiger partial charge in [0.15, 0.2) is 0 Å². The van der Waals surface area contributed by atoms with E-state index in [-0.39, 0.29) is 5.60 Å². The Balaban J connectivity index is 1.72. The summed E-state index contributed by atoms with van der Waals surface area (Å²) in [5, 5.41) is 3.63. The fourth-order valence-electron chi connectivity index (χ4n) is 2.82. The molecule has 0 aliphatic carbocycles. The molecule has 2 fully saturated rings. The number of methoxy groups -OCH3 is 1. The summed E-state index contributed by atoms with van der Waals surface area (Å²) in [5.74, 6) is 0. The second kappa shape index (κ2) is 6.69. The highest BCUT2D eigenvalue weighted by molar-refractivity contribution is 4.91. The highest BCUT2D eigenvalue weighted by Crippen LogP contribution is 2.34. The monoisotopic (exact) mass is 243 g/mol. The molecular weight excluding hydrogens is 218 g/mol. The van der Waals surface area contributed by atoms with E-state index in [0.29, 0.717) is 6.04 Å². The normalized spacial score (nSPS) is 28.4. The van der Waals surface area contributed by atoms with Crippen molar-refractivity contribution < 1.29 is 14.2 Å². The van der Waals surface area contributed by atoms with Crippen molar-refractivity contribution in [2.75, 3.05) is 40.1 Å². The van der Waals surface area contributed by atoms with E-state index in [1.165, 1.54) is 0 Å². The quantitative estimate of drug-likeness (QED) is 0.740. The fraction of sp³-hybridized carbons (Fsp3) is 1.00. The third-order valence-electron chi connectivity index (χ3n) is 3.86. The number of ether oxygens (including phenoxy) is 3. The van der Waals surface area contributed by atoms with Gasteiger partial charge in [-0.1, -0.05) is 0 Å². The van der Waals surface area contributed by atoms with Gasteiger partial charge in [-0.15, -0.1) is 0 Å². The lowest BCUT2D eigenvalue weighted by Gasteiger charge is -2.43. The SMILES string of the molecule is COCCCNC1CCOC2(CCOCC2)C1. The molecule has 2 heterocycles. The lowest BCUT2D eigenvalue weighted by molar-refractivity contribution is -0.140. The van der Waals surface area contributed by atoms with Crippen LogP contribution in [0.3, 0.4) is 0 Å². The van der Waals surface area contributed by atoms with E-state index in [1.807, 2.05) is 0 Å². The average Bonchev–Trinajstić information content (AvgIpc) is 2.36. The molecule has 0 aromatic heterocycles. The molecule has 0 saturated carbocycles. The number of rotatable bonds is 5. The third kappa shape index (κ3) is 3.91. The second-order valence-corrected chi connectivity index (χ2v) is 5.13. The maximum Gasteiger partial charge on any atom is 0.0741 e. The van der Waals surface area contributed by atoms with Crippen LogP contribution >= 0.6 is 0 Å². The minimum atomic E-state index is 0.107. The van der Waals surface area contributed by atoms with Crippen molar-refractivity contribution in [1.29, 1.82) is 0 Å². The standard InChI is InChI=1S/C13H25NO3/c1-15-7-2-6-14-12-3-8-17-13(11-12)4-9-16-10-5-13/h12,14H,2-11H2,1H3. The van der Waals surface area contributed by atoms with Gasteiger partial charge in [-0.3, -0.25) is 0 Å². The lowest BCUT2D eigenvalue weighted by atomic mass is 9.84. The van der Waals surface area contributed by atoms with Crippen LogP contribution < -0.4 is 5.32 Å².